The molecule has 4 nitrogen and oxygen atoms in total. The predicted octanol–water partition coefficient (Wildman–Crippen LogP) is 2.02. The fraction of sp³-hybridized carbons (Fsp3) is 0.588. The molecule has 21 heavy (non-hydrogen) atoms. The molecular formula is C17H27N3O. The van der Waals surface area contributed by atoms with Gasteiger partial charge in [0.2, 0.25) is 5.91 Å². The lowest BCUT2D eigenvalue weighted by Gasteiger charge is -2.41. The lowest BCUT2D eigenvalue weighted by Crippen LogP contribution is -2.53. The first-order chi connectivity index (χ1) is 10.1. The normalized spacial score (nSPS) is 21.3. The Morgan fingerprint density at radius 2 is 2.05 bits per heavy atom. The fourth-order valence-corrected chi connectivity index (χ4v) is 2.90. The third kappa shape index (κ3) is 4.05. The van der Waals surface area contributed by atoms with Crippen molar-refractivity contribution in [3.63, 3.8) is 0 Å². The van der Waals surface area contributed by atoms with E-state index in [1.165, 1.54) is 5.56 Å². The summed E-state index contributed by atoms with van der Waals surface area (Å²) in [7, 11) is 2.11. The summed E-state index contributed by atoms with van der Waals surface area (Å²) in [6, 6.07) is 10.0. The van der Waals surface area contributed by atoms with Crippen LogP contribution >= 0.6 is 0 Å². The maximum Gasteiger partial charge on any atom is 0.240 e. The van der Waals surface area contributed by atoms with Gasteiger partial charge in [-0.2, -0.15) is 0 Å². The zero-order valence-electron chi connectivity index (χ0n) is 13.2. The fourth-order valence-electron chi connectivity index (χ4n) is 2.90. The molecule has 4 heteroatoms. The minimum atomic E-state index is -0.362. The topological polar surface area (TPSA) is 49.6 Å². The Labute approximate surface area is 127 Å². The molecule has 0 radical (unpaired) electrons. The zero-order chi connectivity index (χ0) is 15.2. The summed E-state index contributed by atoms with van der Waals surface area (Å²) in [6.07, 6.45) is 2.87. The number of likely N-dealkylation sites (N-methyl/N-ethyl adjacent to an activating group) is 1. The monoisotopic (exact) mass is 289 g/mol. The molecule has 116 valence electrons. The van der Waals surface area contributed by atoms with Gasteiger partial charge in [0, 0.05) is 19.6 Å². The highest BCUT2D eigenvalue weighted by atomic mass is 16.2. The molecule has 0 bridgehead atoms. The molecular weight excluding hydrogens is 262 g/mol. The summed E-state index contributed by atoms with van der Waals surface area (Å²) < 4.78 is 0. The van der Waals surface area contributed by atoms with E-state index in [-0.39, 0.29) is 18.0 Å². The smallest absolute Gasteiger partial charge is 0.240 e. The van der Waals surface area contributed by atoms with Gasteiger partial charge in [-0.05, 0) is 19.0 Å². The van der Waals surface area contributed by atoms with Crippen molar-refractivity contribution >= 4 is 5.91 Å². The molecule has 1 aromatic carbocycles. The number of unbranched alkanes of at least 4 members (excludes halogenated alkanes) is 1. The van der Waals surface area contributed by atoms with Crippen molar-refractivity contribution in [2.45, 2.75) is 38.3 Å². The van der Waals surface area contributed by atoms with Crippen molar-refractivity contribution in [2.75, 3.05) is 26.7 Å². The lowest BCUT2D eigenvalue weighted by atomic mass is 10.0. The van der Waals surface area contributed by atoms with Gasteiger partial charge in [0.15, 0.2) is 0 Å². The number of rotatable bonds is 5. The van der Waals surface area contributed by atoms with Crippen LogP contribution in [0, 0.1) is 0 Å². The highest BCUT2D eigenvalue weighted by molar-refractivity contribution is 5.82. The minimum Gasteiger partial charge on any atom is -0.332 e. The van der Waals surface area contributed by atoms with E-state index in [9.17, 15) is 4.79 Å². The van der Waals surface area contributed by atoms with E-state index in [2.05, 4.69) is 31.0 Å². The van der Waals surface area contributed by atoms with Crippen molar-refractivity contribution in [1.82, 2.24) is 9.80 Å². The Morgan fingerprint density at radius 3 is 2.71 bits per heavy atom. The molecule has 0 spiro atoms. The number of hydrogen-bond donors (Lipinski definition) is 1. The van der Waals surface area contributed by atoms with Gasteiger partial charge in [-0.25, -0.2) is 0 Å². The van der Waals surface area contributed by atoms with Crippen LogP contribution in [0.4, 0.5) is 0 Å². The van der Waals surface area contributed by atoms with Crippen LogP contribution in [0.5, 0.6) is 0 Å². The van der Waals surface area contributed by atoms with Crippen LogP contribution in [0.1, 0.15) is 37.8 Å². The summed E-state index contributed by atoms with van der Waals surface area (Å²) in [5, 5.41) is 0. The lowest BCUT2D eigenvalue weighted by molar-refractivity contribution is -0.137. The second kappa shape index (κ2) is 7.57. The highest BCUT2D eigenvalue weighted by Crippen LogP contribution is 2.25. The van der Waals surface area contributed by atoms with Gasteiger partial charge in [-0.1, -0.05) is 50.1 Å². The number of benzene rings is 1. The first kappa shape index (κ1) is 16.0. The summed E-state index contributed by atoms with van der Waals surface area (Å²) in [6.45, 7) is 4.67. The second-order valence-corrected chi connectivity index (χ2v) is 5.97. The molecule has 1 unspecified atom stereocenters. The van der Waals surface area contributed by atoms with Gasteiger partial charge >= 0.3 is 0 Å². The van der Waals surface area contributed by atoms with Crippen LogP contribution in [-0.4, -0.2) is 48.4 Å². The van der Waals surface area contributed by atoms with E-state index < -0.39 is 0 Å². The standard InChI is InChI=1S/C17H27N3O/c1-3-4-10-15(18)17(21)20-12-11-19(2)13-16(20)14-8-6-5-7-9-14/h5-9,15-16H,3-4,10-13,18H2,1-2H3/t15-,16?/m0/s1. The molecule has 1 heterocycles. The van der Waals surface area contributed by atoms with Crippen molar-refractivity contribution in [3.8, 4) is 0 Å². The number of nitrogens with zero attached hydrogens (tertiary/aromatic N) is 2. The number of piperazine rings is 1. The van der Waals surface area contributed by atoms with Crippen LogP contribution in [-0.2, 0) is 4.79 Å². The quantitative estimate of drug-likeness (QED) is 0.902. The molecule has 2 rings (SSSR count). The van der Waals surface area contributed by atoms with Crippen LogP contribution in [0.2, 0.25) is 0 Å². The van der Waals surface area contributed by atoms with E-state index in [4.69, 9.17) is 5.73 Å². The van der Waals surface area contributed by atoms with Crippen molar-refractivity contribution in [2.24, 2.45) is 5.73 Å². The largest absolute Gasteiger partial charge is 0.332 e. The van der Waals surface area contributed by atoms with E-state index in [0.717, 1.165) is 38.9 Å². The van der Waals surface area contributed by atoms with Crippen molar-refractivity contribution < 1.29 is 4.79 Å². The summed E-state index contributed by atoms with van der Waals surface area (Å²) >= 11 is 0. The van der Waals surface area contributed by atoms with Gasteiger partial charge < -0.3 is 15.5 Å². The Bertz CT molecular complexity index is 449. The molecule has 1 amide bonds. The first-order valence-electron chi connectivity index (χ1n) is 7.93. The molecule has 0 aromatic heterocycles. The molecule has 1 aliphatic rings. The van der Waals surface area contributed by atoms with Crippen molar-refractivity contribution in [3.05, 3.63) is 35.9 Å². The van der Waals surface area contributed by atoms with Crippen LogP contribution in [0.15, 0.2) is 30.3 Å². The van der Waals surface area contributed by atoms with Crippen LogP contribution < -0.4 is 5.73 Å². The maximum atomic E-state index is 12.7. The molecule has 0 saturated carbocycles. The minimum absolute atomic E-state index is 0.102. The summed E-state index contributed by atoms with van der Waals surface area (Å²) in [5.41, 5.74) is 7.30. The van der Waals surface area contributed by atoms with Gasteiger partial charge in [0.25, 0.3) is 0 Å². The molecule has 2 atom stereocenters. The SMILES string of the molecule is CCCC[C@H](N)C(=O)N1CCN(C)CC1c1ccccc1. The third-order valence-corrected chi connectivity index (χ3v) is 4.24. The van der Waals surface area contributed by atoms with Gasteiger partial charge in [0.1, 0.15) is 0 Å². The summed E-state index contributed by atoms with van der Waals surface area (Å²) in [5.74, 6) is 0.102. The van der Waals surface area contributed by atoms with E-state index in [1.54, 1.807) is 0 Å². The number of carbonyl (C=O) groups is 1. The Balaban J connectivity index is 2.13. The molecule has 0 aliphatic carbocycles. The van der Waals surface area contributed by atoms with E-state index in [1.807, 2.05) is 23.1 Å². The average molecular weight is 289 g/mol. The number of hydrogen-bond acceptors (Lipinski definition) is 3. The highest BCUT2D eigenvalue weighted by Gasteiger charge is 2.32. The predicted molar refractivity (Wildman–Crippen MR) is 85.9 cm³/mol. The molecule has 2 N–H and O–H groups in total. The number of amides is 1. The third-order valence-electron chi connectivity index (χ3n) is 4.24. The molecule has 1 saturated heterocycles. The molecule has 1 aromatic rings. The Kier molecular flexibility index (Phi) is 5.76. The number of nitrogens with two attached hydrogens (primary N) is 1. The van der Waals surface area contributed by atoms with Crippen molar-refractivity contribution in [1.29, 1.82) is 0 Å². The van der Waals surface area contributed by atoms with Crippen LogP contribution in [0.3, 0.4) is 0 Å². The van der Waals surface area contributed by atoms with E-state index in [0.29, 0.717) is 0 Å². The maximum absolute atomic E-state index is 12.7. The Hall–Kier alpha value is -1.39. The first-order valence-corrected chi connectivity index (χ1v) is 7.93. The zero-order valence-corrected chi connectivity index (χ0v) is 13.2. The van der Waals surface area contributed by atoms with Gasteiger partial charge in [-0.15, -0.1) is 0 Å². The average Bonchev–Trinajstić information content (AvgIpc) is 2.52. The van der Waals surface area contributed by atoms with Gasteiger partial charge in [0.05, 0.1) is 12.1 Å². The van der Waals surface area contributed by atoms with E-state index >= 15 is 0 Å². The van der Waals surface area contributed by atoms with Crippen LogP contribution in [0.25, 0.3) is 0 Å². The molecule has 1 aliphatic heterocycles. The summed E-state index contributed by atoms with van der Waals surface area (Å²) in [4.78, 5) is 16.9. The van der Waals surface area contributed by atoms with Gasteiger partial charge in [-0.3, -0.25) is 4.79 Å². The Morgan fingerprint density at radius 1 is 1.33 bits per heavy atom. The second-order valence-electron chi connectivity index (χ2n) is 5.97. The number of carbonyl (C=O) groups excluding carboxylic acids is 1. The molecule has 1 fully saturated rings.